The van der Waals surface area contributed by atoms with Crippen molar-refractivity contribution in [3.05, 3.63) is 56.3 Å². The van der Waals surface area contributed by atoms with Crippen LogP contribution in [0.3, 0.4) is 0 Å². The van der Waals surface area contributed by atoms with Crippen LogP contribution in [0, 0.1) is 20.8 Å². The van der Waals surface area contributed by atoms with Crippen molar-refractivity contribution in [3.8, 4) is 5.75 Å². The second-order valence-corrected chi connectivity index (χ2v) is 6.21. The van der Waals surface area contributed by atoms with E-state index in [0.717, 1.165) is 36.5 Å². The van der Waals surface area contributed by atoms with Crippen molar-refractivity contribution in [1.29, 1.82) is 0 Å². The molecule has 23 heavy (non-hydrogen) atoms. The summed E-state index contributed by atoms with van der Waals surface area (Å²) in [7, 11) is 1.70. The van der Waals surface area contributed by atoms with Crippen molar-refractivity contribution in [2.75, 3.05) is 13.7 Å². The maximum atomic E-state index is 12.1. The van der Waals surface area contributed by atoms with Crippen LogP contribution in [-0.2, 0) is 19.5 Å². The molecule has 0 bridgehead atoms. The summed E-state index contributed by atoms with van der Waals surface area (Å²) in [6, 6.07) is 4.14. The molecule has 0 fully saturated rings. The molecule has 0 radical (unpaired) electrons. The number of ether oxygens (including phenoxy) is 1. The highest BCUT2D eigenvalue weighted by molar-refractivity contribution is 5.43. The summed E-state index contributed by atoms with van der Waals surface area (Å²) < 4.78 is 5.38. The lowest BCUT2D eigenvalue weighted by Crippen LogP contribution is -2.35. The molecule has 1 aliphatic rings. The minimum atomic E-state index is -0.000154. The molecule has 1 aliphatic heterocycles. The van der Waals surface area contributed by atoms with Crippen molar-refractivity contribution >= 4 is 0 Å². The van der Waals surface area contributed by atoms with Gasteiger partial charge in [0.05, 0.1) is 18.4 Å². The number of nitrogens with zero attached hydrogens (tertiary/aromatic N) is 2. The standard InChI is InChI=1S/C18H23N3O2/c1-11-12(2)17(23-4)6-5-14(11)9-21-8-7-16-15(10-21)18(22)20-13(3)19-16/h5-6H,7-10H2,1-4H3,(H,19,20,22). The molecule has 5 nitrogen and oxygen atoms in total. The van der Waals surface area contributed by atoms with E-state index in [1.54, 1.807) is 7.11 Å². The summed E-state index contributed by atoms with van der Waals surface area (Å²) >= 11 is 0. The Kier molecular flexibility index (Phi) is 4.22. The predicted octanol–water partition coefficient (Wildman–Crippen LogP) is 2.26. The molecule has 2 aromatic rings. The molecule has 2 heterocycles. The fraction of sp³-hybridized carbons (Fsp3) is 0.444. The van der Waals surface area contributed by atoms with Crippen molar-refractivity contribution in [3.63, 3.8) is 0 Å². The van der Waals surface area contributed by atoms with Crippen LogP contribution in [0.4, 0.5) is 0 Å². The number of fused-ring (bicyclic) bond motifs is 1. The van der Waals surface area contributed by atoms with Gasteiger partial charge in [0.15, 0.2) is 0 Å². The fourth-order valence-electron chi connectivity index (χ4n) is 3.23. The van der Waals surface area contributed by atoms with Crippen LogP contribution in [0.25, 0.3) is 0 Å². The third-order valence-electron chi connectivity index (χ3n) is 4.73. The fourth-order valence-corrected chi connectivity index (χ4v) is 3.23. The van der Waals surface area contributed by atoms with Crippen molar-refractivity contribution in [2.24, 2.45) is 0 Å². The lowest BCUT2D eigenvalue weighted by atomic mass is 10.0. The maximum absolute atomic E-state index is 12.1. The Labute approximate surface area is 136 Å². The zero-order valence-electron chi connectivity index (χ0n) is 14.2. The zero-order valence-corrected chi connectivity index (χ0v) is 14.2. The average molecular weight is 313 g/mol. The Hall–Kier alpha value is -2.14. The van der Waals surface area contributed by atoms with Gasteiger partial charge in [0, 0.05) is 26.1 Å². The van der Waals surface area contributed by atoms with Gasteiger partial charge < -0.3 is 9.72 Å². The Balaban J connectivity index is 1.83. The molecule has 0 atom stereocenters. The third kappa shape index (κ3) is 3.01. The highest BCUT2D eigenvalue weighted by atomic mass is 16.5. The number of aryl methyl sites for hydroxylation is 1. The molecule has 0 amide bonds. The maximum Gasteiger partial charge on any atom is 0.255 e. The molecule has 3 rings (SSSR count). The van der Waals surface area contributed by atoms with E-state index in [9.17, 15) is 4.79 Å². The number of benzene rings is 1. The molecule has 1 aromatic carbocycles. The molecule has 0 aliphatic carbocycles. The van der Waals surface area contributed by atoms with Gasteiger partial charge in [0.1, 0.15) is 11.6 Å². The van der Waals surface area contributed by atoms with Crippen LogP contribution in [0.15, 0.2) is 16.9 Å². The first-order valence-corrected chi connectivity index (χ1v) is 7.93. The minimum absolute atomic E-state index is 0.000154. The molecular formula is C18H23N3O2. The first-order chi connectivity index (χ1) is 11.0. The smallest absolute Gasteiger partial charge is 0.255 e. The van der Waals surface area contributed by atoms with E-state index in [2.05, 4.69) is 34.8 Å². The quantitative estimate of drug-likeness (QED) is 0.944. The van der Waals surface area contributed by atoms with E-state index in [1.165, 1.54) is 16.7 Å². The predicted molar refractivity (Wildman–Crippen MR) is 89.9 cm³/mol. The average Bonchev–Trinajstić information content (AvgIpc) is 2.52. The van der Waals surface area contributed by atoms with Gasteiger partial charge in [-0.15, -0.1) is 0 Å². The third-order valence-corrected chi connectivity index (χ3v) is 4.73. The number of rotatable bonds is 3. The molecule has 0 unspecified atom stereocenters. The van der Waals surface area contributed by atoms with Crippen LogP contribution in [0.1, 0.15) is 33.8 Å². The Bertz CT molecular complexity index is 796. The molecule has 0 saturated heterocycles. The van der Waals surface area contributed by atoms with E-state index < -0.39 is 0 Å². The molecule has 1 N–H and O–H groups in total. The lowest BCUT2D eigenvalue weighted by Gasteiger charge is -2.28. The zero-order chi connectivity index (χ0) is 16.6. The molecule has 0 saturated carbocycles. The van der Waals surface area contributed by atoms with Gasteiger partial charge in [-0.25, -0.2) is 4.98 Å². The van der Waals surface area contributed by atoms with Crippen molar-refractivity contribution < 1.29 is 4.74 Å². The summed E-state index contributed by atoms with van der Waals surface area (Å²) in [5, 5.41) is 0. The number of hydrogen-bond donors (Lipinski definition) is 1. The first kappa shape index (κ1) is 15.7. The van der Waals surface area contributed by atoms with E-state index in [4.69, 9.17) is 4.74 Å². The van der Waals surface area contributed by atoms with Gasteiger partial charge in [-0.05, 0) is 43.5 Å². The molecule has 0 spiro atoms. The summed E-state index contributed by atoms with van der Waals surface area (Å²) in [4.78, 5) is 21.7. The number of aromatic amines is 1. The Morgan fingerprint density at radius 2 is 2.04 bits per heavy atom. The molecule has 1 aromatic heterocycles. The van der Waals surface area contributed by atoms with E-state index in [1.807, 2.05) is 13.0 Å². The highest BCUT2D eigenvalue weighted by Crippen LogP contribution is 2.26. The van der Waals surface area contributed by atoms with Gasteiger partial charge in [-0.1, -0.05) is 6.07 Å². The van der Waals surface area contributed by atoms with Crippen LogP contribution >= 0.6 is 0 Å². The summed E-state index contributed by atoms with van der Waals surface area (Å²) in [6.07, 6.45) is 0.828. The first-order valence-electron chi connectivity index (χ1n) is 7.93. The van der Waals surface area contributed by atoms with Gasteiger partial charge in [0.25, 0.3) is 5.56 Å². The van der Waals surface area contributed by atoms with Crippen LogP contribution in [0.5, 0.6) is 5.75 Å². The molecule has 122 valence electrons. The number of nitrogens with one attached hydrogen (secondary N) is 1. The van der Waals surface area contributed by atoms with Gasteiger partial charge in [0.2, 0.25) is 0 Å². The summed E-state index contributed by atoms with van der Waals surface area (Å²) in [6.45, 7) is 8.46. The Morgan fingerprint density at radius 3 is 2.78 bits per heavy atom. The summed E-state index contributed by atoms with van der Waals surface area (Å²) in [5.74, 6) is 1.62. The SMILES string of the molecule is COc1ccc(CN2CCc3nc(C)[nH]c(=O)c3C2)c(C)c1C. The van der Waals surface area contributed by atoms with Crippen molar-refractivity contribution in [2.45, 2.75) is 40.3 Å². The van der Waals surface area contributed by atoms with Gasteiger partial charge >= 0.3 is 0 Å². The van der Waals surface area contributed by atoms with E-state index >= 15 is 0 Å². The Morgan fingerprint density at radius 1 is 1.26 bits per heavy atom. The number of methoxy groups -OCH3 is 1. The normalized spacial score (nSPS) is 14.6. The highest BCUT2D eigenvalue weighted by Gasteiger charge is 2.21. The number of aromatic nitrogens is 2. The topological polar surface area (TPSA) is 58.2 Å². The minimum Gasteiger partial charge on any atom is -0.496 e. The van der Waals surface area contributed by atoms with E-state index in [-0.39, 0.29) is 5.56 Å². The largest absolute Gasteiger partial charge is 0.496 e. The van der Waals surface area contributed by atoms with Crippen molar-refractivity contribution in [1.82, 2.24) is 14.9 Å². The molecule has 5 heteroatoms. The van der Waals surface area contributed by atoms with Crippen LogP contribution < -0.4 is 10.3 Å². The van der Waals surface area contributed by atoms with Crippen LogP contribution in [-0.4, -0.2) is 28.5 Å². The second kappa shape index (κ2) is 6.16. The summed E-state index contributed by atoms with van der Waals surface area (Å²) in [5.41, 5.74) is 5.47. The monoisotopic (exact) mass is 313 g/mol. The lowest BCUT2D eigenvalue weighted by molar-refractivity contribution is 0.241. The van der Waals surface area contributed by atoms with E-state index in [0.29, 0.717) is 12.4 Å². The van der Waals surface area contributed by atoms with Crippen LogP contribution in [0.2, 0.25) is 0 Å². The van der Waals surface area contributed by atoms with Gasteiger partial charge in [-0.2, -0.15) is 0 Å². The number of hydrogen-bond acceptors (Lipinski definition) is 4. The molecular weight excluding hydrogens is 290 g/mol. The second-order valence-electron chi connectivity index (χ2n) is 6.21. The van der Waals surface area contributed by atoms with Gasteiger partial charge in [-0.3, -0.25) is 9.69 Å². The number of H-pyrrole nitrogens is 1.